The maximum absolute atomic E-state index is 12.0. The third-order valence-electron chi connectivity index (χ3n) is 4.13. The molecule has 26 heavy (non-hydrogen) atoms. The minimum absolute atomic E-state index is 0.0462. The number of Topliss-reactive ketones (excluding diaryl/α,β-unsaturated/α-hetero) is 1. The van der Waals surface area contributed by atoms with Gasteiger partial charge in [0, 0.05) is 22.1 Å². The molecule has 3 heteroatoms. The molecule has 4 rings (SSSR count). The van der Waals surface area contributed by atoms with Gasteiger partial charge in [0.1, 0.15) is 0 Å². The first-order valence-corrected chi connectivity index (χ1v) is 8.76. The lowest BCUT2D eigenvalue weighted by atomic mass is 10.0. The number of pyridine rings is 1. The molecule has 0 saturated carbocycles. The fraction of sp³-hybridized carbons (Fsp3) is 0.130. The molecular weight excluding hydrogens is 322 g/mol. The number of rotatable bonds is 3. The molecule has 2 heterocycles. The van der Waals surface area contributed by atoms with Crippen LogP contribution in [0.3, 0.4) is 0 Å². The molecule has 0 fully saturated rings. The van der Waals surface area contributed by atoms with E-state index >= 15 is 0 Å². The number of nitrogens with zero attached hydrogens (tertiary/aromatic N) is 1. The molecule has 0 N–H and O–H groups in total. The largest absolute Gasteiger partial charge is 0.472 e. The van der Waals surface area contributed by atoms with Crippen molar-refractivity contribution >= 4 is 16.7 Å². The van der Waals surface area contributed by atoms with E-state index in [1.165, 1.54) is 0 Å². The Morgan fingerprint density at radius 2 is 1.58 bits per heavy atom. The molecule has 0 aliphatic carbocycles. The van der Waals surface area contributed by atoms with E-state index in [9.17, 15) is 4.79 Å². The molecule has 2 aromatic heterocycles. The molecule has 0 amide bonds. The van der Waals surface area contributed by atoms with E-state index in [0.717, 1.165) is 33.3 Å². The Kier molecular flexibility index (Phi) is 5.28. The van der Waals surface area contributed by atoms with Crippen molar-refractivity contribution in [2.45, 2.75) is 20.8 Å². The van der Waals surface area contributed by atoms with E-state index in [0.29, 0.717) is 5.56 Å². The van der Waals surface area contributed by atoms with Crippen molar-refractivity contribution in [1.29, 1.82) is 0 Å². The normalized spacial score (nSPS) is 10.3. The highest BCUT2D eigenvalue weighted by Crippen LogP contribution is 2.27. The molecule has 0 atom stereocenters. The third kappa shape index (κ3) is 3.42. The molecule has 0 bridgehead atoms. The van der Waals surface area contributed by atoms with Crippen LogP contribution in [0.5, 0.6) is 0 Å². The van der Waals surface area contributed by atoms with Crippen LogP contribution in [0.25, 0.3) is 33.3 Å². The first-order chi connectivity index (χ1) is 12.7. The summed E-state index contributed by atoms with van der Waals surface area (Å²) in [5.74, 6) is 0.0462. The van der Waals surface area contributed by atoms with Crippen LogP contribution in [0.15, 0.2) is 77.6 Å². The van der Waals surface area contributed by atoms with Gasteiger partial charge >= 0.3 is 0 Å². The molecule has 3 nitrogen and oxygen atoms in total. The second-order valence-corrected chi connectivity index (χ2v) is 5.72. The molecule has 2 aromatic carbocycles. The van der Waals surface area contributed by atoms with Gasteiger partial charge in [-0.3, -0.25) is 4.79 Å². The van der Waals surface area contributed by atoms with Crippen LogP contribution in [-0.4, -0.2) is 10.8 Å². The summed E-state index contributed by atoms with van der Waals surface area (Å²) in [5, 5.41) is 0.892. The number of carbonyl (C=O) groups is 1. The van der Waals surface area contributed by atoms with Gasteiger partial charge in [0.25, 0.3) is 0 Å². The average molecular weight is 343 g/mol. The number of hydrogen-bond acceptors (Lipinski definition) is 3. The monoisotopic (exact) mass is 343 g/mol. The lowest BCUT2D eigenvalue weighted by Gasteiger charge is -2.08. The smallest absolute Gasteiger partial charge is 0.160 e. The molecule has 0 aliphatic rings. The summed E-state index contributed by atoms with van der Waals surface area (Å²) in [6.07, 6.45) is 3.38. The first kappa shape index (κ1) is 17.6. The van der Waals surface area contributed by atoms with Crippen LogP contribution in [-0.2, 0) is 0 Å². The predicted octanol–water partition coefficient (Wildman–Crippen LogP) is 6.39. The average Bonchev–Trinajstić information content (AvgIpc) is 3.23. The van der Waals surface area contributed by atoms with Crippen molar-refractivity contribution in [1.82, 2.24) is 4.98 Å². The van der Waals surface area contributed by atoms with Gasteiger partial charge in [0.15, 0.2) is 5.78 Å². The molecule has 0 spiro atoms. The van der Waals surface area contributed by atoms with Crippen LogP contribution in [0.2, 0.25) is 0 Å². The fourth-order valence-electron chi connectivity index (χ4n) is 2.88. The lowest BCUT2D eigenvalue weighted by Crippen LogP contribution is -1.97. The Balaban J connectivity index is 0.000000948. The Labute approximate surface area is 153 Å². The Morgan fingerprint density at radius 1 is 0.885 bits per heavy atom. The summed E-state index contributed by atoms with van der Waals surface area (Å²) in [6, 6.07) is 19.6. The molecular formula is C23H21NO2. The number of para-hydroxylation sites is 1. The minimum Gasteiger partial charge on any atom is -0.472 e. The van der Waals surface area contributed by atoms with E-state index in [4.69, 9.17) is 9.40 Å². The zero-order valence-corrected chi connectivity index (χ0v) is 15.2. The highest BCUT2D eigenvalue weighted by atomic mass is 16.3. The minimum atomic E-state index is 0.0462. The van der Waals surface area contributed by atoms with E-state index in [-0.39, 0.29) is 5.78 Å². The summed E-state index contributed by atoms with van der Waals surface area (Å²) < 4.78 is 5.12. The van der Waals surface area contributed by atoms with Gasteiger partial charge < -0.3 is 4.42 Å². The topological polar surface area (TPSA) is 43.1 Å². The summed E-state index contributed by atoms with van der Waals surface area (Å²) in [6.45, 7) is 5.59. The van der Waals surface area contributed by atoms with Gasteiger partial charge in [-0.25, -0.2) is 4.98 Å². The predicted molar refractivity (Wildman–Crippen MR) is 106 cm³/mol. The zero-order chi connectivity index (χ0) is 18.5. The third-order valence-corrected chi connectivity index (χ3v) is 4.13. The van der Waals surface area contributed by atoms with Gasteiger partial charge in [-0.1, -0.05) is 56.3 Å². The molecule has 4 aromatic rings. The van der Waals surface area contributed by atoms with E-state index in [2.05, 4.69) is 0 Å². The highest BCUT2D eigenvalue weighted by molar-refractivity contribution is 6.07. The van der Waals surface area contributed by atoms with Gasteiger partial charge in [0.2, 0.25) is 0 Å². The number of carbonyl (C=O) groups excluding carboxylic acids is 1. The maximum atomic E-state index is 12.0. The second kappa shape index (κ2) is 7.79. The number of benzene rings is 2. The van der Waals surface area contributed by atoms with Gasteiger partial charge in [-0.2, -0.15) is 0 Å². The summed E-state index contributed by atoms with van der Waals surface area (Å²) >= 11 is 0. The van der Waals surface area contributed by atoms with Crippen molar-refractivity contribution in [3.8, 4) is 22.4 Å². The van der Waals surface area contributed by atoms with Crippen LogP contribution in [0, 0.1) is 0 Å². The van der Waals surface area contributed by atoms with Crippen LogP contribution < -0.4 is 0 Å². The number of fused-ring (bicyclic) bond motifs is 1. The van der Waals surface area contributed by atoms with Gasteiger partial charge in [-0.05, 0) is 30.7 Å². The summed E-state index contributed by atoms with van der Waals surface area (Å²) in [4.78, 5) is 16.7. The van der Waals surface area contributed by atoms with Crippen molar-refractivity contribution in [2.75, 3.05) is 0 Å². The summed E-state index contributed by atoms with van der Waals surface area (Å²) in [5.41, 5.74) is 5.44. The first-order valence-electron chi connectivity index (χ1n) is 8.76. The SMILES string of the molecule is CC.CC(=O)c1cc(-c2ccc(-c3ccoc3)cc2)nc2ccccc12. The standard InChI is InChI=1S/C21H15NO2.C2H6/c1-14(23)19-12-21(22-20-5-3-2-4-18(19)20)16-8-6-15(7-9-16)17-10-11-24-13-17;1-2/h2-13H,1H3;1-2H3. The van der Waals surface area contributed by atoms with Gasteiger partial charge in [0.05, 0.1) is 23.7 Å². The number of ketones is 1. The van der Waals surface area contributed by atoms with Crippen LogP contribution >= 0.6 is 0 Å². The van der Waals surface area contributed by atoms with E-state index in [1.54, 1.807) is 19.5 Å². The molecule has 0 aliphatic heterocycles. The van der Waals surface area contributed by atoms with Crippen LogP contribution in [0.4, 0.5) is 0 Å². The van der Waals surface area contributed by atoms with Crippen molar-refractivity contribution in [3.05, 3.63) is 78.8 Å². The lowest BCUT2D eigenvalue weighted by molar-refractivity contribution is 0.101. The second-order valence-electron chi connectivity index (χ2n) is 5.72. The van der Waals surface area contributed by atoms with E-state index in [1.807, 2.05) is 74.5 Å². The van der Waals surface area contributed by atoms with Crippen molar-refractivity contribution < 1.29 is 9.21 Å². The van der Waals surface area contributed by atoms with Crippen molar-refractivity contribution in [3.63, 3.8) is 0 Å². The number of furan rings is 1. The quantitative estimate of drug-likeness (QED) is 0.405. The number of hydrogen-bond donors (Lipinski definition) is 0. The molecule has 0 saturated heterocycles. The number of aromatic nitrogens is 1. The Bertz CT molecular complexity index is 1020. The molecule has 0 radical (unpaired) electrons. The molecule has 0 unspecified atom stereocenters. The zero-order valence-electron chi connectivity index (χ0n) is 15.2. The molecule has 130 valence electrons. The van der Waals surface area contributed by atoms with Gasteiger partial charge in [-0.15, -0.1) is 0 Å². The van der Waals surface area contributed by atoms with Crippen LogP contribution in [0.1, 0.15) is 31.1 Å². The maximum Gasteiger partial charge on any atom is 0.160 e. The highest BCUT2D eigenvalue weighted by Gasteiger charge is 2.10. The Hall–Kier alpha value is -3.20. The van der Waals surface area contributed by atoms with Crippen molar-refractivity contribution in [2.24, 2.45) is 0 Å². The fourth-order valence-corrected chi connectivity index (χ4v) is 2.88. The van der Waals surface area contributed by atoms with E-state index < -0.39 is 0 Å². The summed E-state index contributed by atoms with van der Waals surface area (Å²) in [7, 11) is 0. The Morgan fingerprint density at radius 3 is 2.23 bits per heavy atom.